The second-order valence-corrected chi connectivity index (χ2v) is 5.34. The van der Waals surface area contributed by atoms with Crippen molar-refractivity contribution in [3.8, 4) is 0 Å². The lowest BCUT2D eigenvalue weighted by atomic mass is 10.2. The molecule has 0 spiro atoms. The molecule has 0 aromatic carbocycles. The van der Waals surface area contributed by atoms with Crippen LogP contribution in [0.5, 0.6) is 0 Å². The number of likely N-dealkylation sites (N-methyl/N-ethyl adjacent to an activating group) is 1. The van der Waals surface area contributed by atoms with Gasteiger partial charge in [-0.1, -0.05) is 0 Å². The highest BCUT2D eigenvalue weighted by atomic mass is 16.5. The highest BCUT2D eigenvalue weighted by Crippen LogP contribution is 2.16. The van der Waals surface area contributed by atoms with E-state index < -0.39 is 0 Å². The Hall–Kier alpha value is -0.690. The van der Waals surface area contributed by atoms with Crippen molar-refractivity contribution in [1.29, 1.82) is 0 Å². The van der Waals surface area contributed by atoms with Crippen LogP contribution in [0, 0.1) is 0 Å². The van der Waals surface area contributed by atoms with E-state index in [0.717, 1.165) is 39.0 Å². The van der Waals surface area contributed by atoms with Gasteiger partial charge in [0.15, 0.2) is 0 Å². The maximum Gasteiger partial charge on any atom is 0.251 e. The predicted octanol–water partition coefficient (Wildman–Crippen LogP) is -1.11. The molecule has 0 aromatic heterocycles. The molecule has 2 unspecified atom stereocenters. The van der Waals surface area contributed by atoms with Crippen LogP contribution in [0.15, 0.2) is 0 Å². The molecule has 0 bridgehead atoms. The molecule has 6 heteroatoms. The van der Waals surface area contributed by atoms with Crippen LogP contribution in [0.4, 0.5) is 0 Å². The van der Waals surface area contributed by atoms with Gasteiger partial charge in [0.05, 0.1) is 6.10 Å². The number of amides is 1. The smallest absolute Gasteiger partial charge is 0.251 e. The van der Waals surface area contributed by atoms with Gasteiger partial charge in [-0.2, -0.15) is 0 Å². The molecular weight excluding hydrogens is 246 g/mol. The molecule has 2 aliphatic rings. The third-order valence-electron chi connectivity index (χ3n) is 3.80. The van der Waals surface area contributed by atoms with Crippen LogP contribution in [0.2, 0.25) is 0 Å². The fraction of sp³-hybridized carbons (Fsp3) is 0.923. The summed E-state index contributed by atoms with van der Waals surface area (Å²) in [4.78, 5) is 16.3. The van der Waals surface area contributed by atoms with Crippen molar-refractivity contribution in [2.75, 3.05) is 52.9 Å². The Balaban J connectivity index is 1.71. The third kappa shape index (κ3) is 4.14. The highest BCUT2D eigenvalue weighted by Gasteiger charge is 2.30. The lowest BCUT2D eigenvalue weighted by Gasteiger charge is -2.36. The zero-order valence-electron chi connectivity index (χ0n) is 11.7. The maximum atomic E-state index is 12.2. The second-order valence-electron chi connectivity index (χ2n) is 5.34. The largest absolute Gasteiger partial charge is 0.390 e. The zero-order chi connectivity index (χ0) is 13.7. The minimum atomic E-state index is -0.342. The number of hydrogen-bond donors (Lipinski definition) is 2. The van der Waals surface area contributed by atoms with E-state index in [1.54, 1.807) is 0 Å². The van der Waals surface area contributed by atoms with E-state index in [4.69, 9.17) is 4.74 Å². The summed E-state index contributed by atoms with van der Waals surface area (Å²) in [5.41, 5.74) is 0. The number of carbonyl (C=O) groups is 1. The van der Waals surface area contributed by atoms with Gasteiger partial charge in [0.2, 0.25) is 0 Å². The summed E-state index contributed by atoms with van der Waals surface area (Å²) < 4.78 is 5.44. The van der Waals surface area contributed by atoms with Crippen LogP contribution < -0.4 is 5.32 Å². The van der Waals surface area contributed by atoms with Crippen LogP contribution >= 0.6 is 0 Å². The van der Waals surface area contributed by atoms with Gasteiger partial charge in [0.25, 0.3) is 5.91 Å². The van der Waals surface area contributed by atoms with Gasteiger partial charge in [-0.15, -0.1) is 0 Å². The van der Waals surface area contributed by atoms with Crippen LogP contribution in [-0.2, 0) is 9.53 Å². The average molecular weight is 271 g/mol. The van der Waals surface area contributed by atoms with E-state index >= 15 is 0 Å². The molecular formula is C13H25N3O3. The van der Waals surface area contributed by atoms with Crippen molar-refractivity contribution in [2.45, 2.75) is 25.0 Å². The van der Waals surface area contributed by atoms with Crippen molar-refractivity contribution in [3.63, 3.8) is 0 Å². The molecule has 2 atom stereocenters. The summed E-state index contributed by atoms with van der Waals surface area (Å²) in [6.45, 7) is 5.14. The number of aliphatic hydroxyl groups is 1. The summed E-state index contributed by atoms with van der Waals surface area (Å²) in [5.74, 6) is 0.146. The Morgan fingerprint density at radius 1 is 1.42 bits per heavy atom. The van der Waals surface area contributed by atoms with Crippen molar-refractivity contribution in [3.05, 3.63) is 0 Å². The van der Waals surface area contributed by atoms with E-state index in [1.165, 1.54) is 0 Å². The molecule has 1 amide bonds. The minimum Gasteiger partial charge on any atom is -0.390 e. The van der Waals surface area contributed by atoms with Crippen LogP contribution in [0.1, 0.15) is 12.8 Å². The van der Waals surface area contributed by atoms with Gasteiger partial charge in [0.1, 0.15) is 6.10 Å². The molecule has 0 aromatic rings. The number of β-amino-alcohol motifs (C(OH)–C–C–N with tert-alkyl or cyclic N) is 1. The summed E-state index contributed by atoms with van der Waals surface area (Å²) in [6, 6.07) is 0. The first-order chi connectivity index (χ1) is 9.20. The highest BCUT2D eigenvalue weighted by molar-refractivity contribution is 5.81. The van der Waals surface area contributed by atoms with Crippen molar-refractivity contribution < 1.29 is 14.6 Å². The molecule has 2 saturated heterocycles. The first kappa shape index (κ1) is 14.7. The normalized spacial score (nSPS) is 26.6. The molecule has 110 valence electrons. The number of rotatable bonds is 5. The standard InChI is InChI=1S/C13H25N3O3/c1-14-9-11(17)10-15-4-6-16(7-5-15)13(18)12-3-2-8-19-12/h11-12,14,17H,2-10H2,1H3. The fourth-order valence-electron chi connectivity index (χ4n) is 2.73. The van der Waals surface area contributed by atoms with Crippen molar-refractivity contribution >= 4 is 5.91 Å². The van der Waals surface area contributed by atoms with E-state index in [2.05, 4.69) is 10.2 Å². The lowest BCUT2D eigenvalue weighted by molar-refractivity contribution is -0.142. The Morgan fingerprint density at radius 2 is 2.16 bits per heavy atom. The molecule has 0 saturated carbocycles. The number of nitrogens with one attached hydrogen (secondary N) is 1. The summed E-state index contributed by atoms with van der Waals surface area (Å²) in [7, 11) is 1.83. The Morgan fingerprint density at radius 3 is 2.74 bits per heavy atom. The SMILES string of the molecule is CNCC(O)CN1CCN(C(=O)C2CCCO2)CC1. The molecule has 19 heavy (non-hydrogen) atoms. The number of nitrogens with zero attached hydrogens (tertiary/aromatic N) is 2. The number of aliphatic hydroxyl groups excluding tert-OH is 1. The second kappa shape index (κ2) is 7.19. The average Bonchev–Trinajstić information content (AvgIpc) is 2.93. The first-order valence-corrected chi connectivity index (χ1v) is 7.16. The molecule has 2 aliphatic heterocycles. The van der Waals surface area contributed by atoms with E-state index in [-0.39, 0.29) is 18.1 Å². The topological polar surface area (TPSA) is 65.0 Å². The fourth-order valence-corrected chi connectivity index (χ4v) is 2.73. The lowest BCUT2D eigenvalue weighted by Crippen LogP contribution is -2.53. The molecule has 2 N–H and O–H groups in total. The van der Waals surface area contributed by atoms with Gasteiger partial charge in [-0.05, 0) is 19.9 Å². The summed E-state index contributed by atoms with van der Waals surface area (Å²) >= 11 is 0. The molecule has 0 aliphatic carbocycles. The Kier molecular flexibility index (Phi) is 5.57. The molecule has 2 rings (SSSR count). The summed E-state index contributed by atoms with van der Waals surface area (Å²) in [6.07, 6.45) is 1.30. The summed E-state index contributed by atoms with van der Waals surface area (Å²) in [5, 5.41) is 12.7. The van der Waals surface area contributed by atoms with Gasteiger partial charge in [-0.25, -0.2) is 0 Å². The molecule has 2 fully saturated rings. The van der Waals surface area contributed by atoms with E-state index in [9.17, 15) is 9.90 Å². The molecule has 0 radical (unpaired) electrons. The zero-order valence-corrected chi connectivity index (χ0v) is 11.7. The Labute approximate surface area is 114 Å². The van der Waals surface area contributed by atoms with Crippen molar-refractivity contribution in [2.24, 2.45) is 0 Å². The number of piperazine rings is 1. The first-order valence-electron chi connectivity index (χ1n) is 7.16. The quantitative estimate of drug-likeness (QED) is 0.664. The van der Waals surface area contributed by atoms with Crippen LogP contribution in [0.3, 0.4) is 0 Å². The maximum absolute atomic E-state index is 12.2. The van der Waals surface area contributed by atoms with E-state index in [0.29, 0.717) is 19.7 Å². The third-order valence-corrected chi connectivity index (χ3v) is 3.80. The number of carbonyl (C=O) groups excluding carboxylic acids is 1. The number of hydrogen-bond acceptors (Lipinski definition) is 5. The molecule has 2 heterocycles. The van der Waals surface area contributed by atoms with Crippen LogP contribution in [0.25, 0.3) is 0 Å². The molecule has 6 nitrogen and oxygen atoms in total. The predicted molar refractivity (Wildman–Crippen MR) is 71.9 cm³/mol. The monoisotopic (exact) mass is 271 g/mol. The van der Waals surface area contributed by atoms with E-state index in [1.807, 2.05) is 11.9 Å². The number of ether oxygens (including phenoxy) is 1. The van der Waals surface area contributed by atoms with Crippen LogP contribution in [-0.4, -0.2) is 85.9 Å². The van der Waals surface area contributed by atoms with Gasteiger partial charge in [-0.3, -0.25) is 9.69 Å². The van der Waals surface area contributed by atoms with Gasteiger partial charge >= 0.3 is 0 Å². The van der Waals surface area contributed by atoms with Crippen molar-refractivity contribution in [1.82, 2.24) is 15.1 Å². The van der Waals surface area contributed by atoms with Gasteiger partial charge in [0, 0.05) is 45.9 Å². The van der Waals surface area contributed by atoms with Gasteiger partial charge < -0.3 is 20.1 Å². The minimum absolute atomic E-state index is 0.146. The Bertz CT molecular complexity index is 287.